The number of rotatable bonds is 3. The second-order valence-electron chi connectivity index (χ2n) is 10.5. The lowest BCUT2D eigenvalue weighted by molar-refractivity contribution is -0.0902. The highest BCUT2D eigenvalue weighted by atomic mass is 16.5. The molecule has 1 spiro atoms. The van der Waals surface area contributed by atoms with Gasteiger partial charge in [-0.25, -0.2) is 0 Å². The summed E-state index contributed by atoms with van der Waals surface area (Å²) in [5, 5.41) is 10.7. The number of fused-ring (bicyclic) bond motifs is 10. The van der Waals surface area contributed by atoms with Crippen LogP contribution in [0.2, 0.25) is 0 Å². The summed E-state index contributed by atoms with van der Waals surface area (Å²) in [6.07, 6.45) is 0. The highest BCUT2D eigenvalue weighted by molar-refractivity contribution is 6.37. The first kappa shape index (κ1) is 21.3. The number of benzene rings is 4. The van der Waals surface area contributed by atoms with Crippen LogP contribution >= 0.6 is 0 Å². The van der Waals surface area contributed by atoms with E-state index >= 15 is 0 Å². The summed E-state index contributed by atoms with van der Waals surface area (Å²) in [6, 6.07) is 30.0. The SMILES string of the molecule is [B]c1c(OC(C)(C)C(C)(C)O)ccc2c1C1(c3ccccc3-c3ccccc31)c1ccccc1-2. The molecule has 2 aliphatic rings. The first-order valence-corrected chi connectivity index (χ1v) is 11.8. The lowest BCUT2D eigenvalue weighted by Gasteiger charge is -2.39. The van der Waals surface area contributed by atoms with Crippen LogP contribution in [0.25, 0.3) is 22.3 Å². The zero-order chi connectivity index (χ0) is 23.9. The standard InChI is InChI=1S/C31H27BO2/c1-29(2,33)30(3,4)34-26-18-17-22-21-13-7-10-16-25(21)31(27(22)28(26)32)23-14-8-5-11-19(23)20-12-6-9-15-24(20)31/h5-18,33H,1-4H3. The summed E-state index contributed by atoms with van der Waals surface area (Å²) in [5.41, 5.74) is 7.83. The molecule has 2 radical (unpaired) electrons. The fourth-order valence-electron chi connectivity index (χ4n) is 5.69. The molecule has 34 heavy (non-hydrogen) atoms. The third kappa shape index (κ3) is 2.56. The van der Waals surface area contributed by atoms with E-state index in [0.29, 0.717) is 11.2 Å². The molecule has 0 heterocycles. The Kier molecular flexibility index (Phi) is 4.29. The maximum atomic E-state index is 10.7. The van der Waals surface area contributed by atoms with Crippen LogP contribution in [0.3, 0.4) is 0 Å². The number of aliphatic hydroxyl groups is 1. The molecule has 2 aliphatic carbocycles. The van der Waals surface area contributed by atoms with Gasteiger partial charge in [-0.15, -0.1) is 0 Å². The fourth-order valence-corrected chi connectivity index (χ4v) is 5.69. The van der Waals surface area contributed by atoms with Gasteiger partial charge in [-0.3, -0.25) is 0 Å². The molecule has 4 aromatic carbocycles. The molecule has 0 atom stereocenters. The fraction of sp³-hybridized carbons (Fsp3) is 0.226. The molecule has 0 aliphatic heterocycles. The van der Waals surface area contributed by atoms with Crippen molar-refractivity contribution in [3.8, 4) is 28.0 Å². The van der Waals surface area contributed by atoms with Crippen LogP contribution in [-0.2, 0) is 5.41 Å². The molecule has 6 rings (SSSR count). The Balaban J connectivity index is 1.71. The van der Waals surface area contributed by atoms with Crippen LogP contribution in [0.1, 0.15) is 49.9 Å². The Labute approximate surface area is 202 Å². The summed E-state index contributed by atoms with van der Waals surface area (Å²) in [6.45, 7) is 7.31. The number of hydrogen-bond donors (Lipinski definition) is 1. The normalized spacial score (nSPS) is 15.0. The molecule has 0 amide bonds. The van der Waals surface area contributed by atoms with Crippen LogP contribution in [0.4, 0.5) is 0 Å². The smallest absolute Gasteiger partial charge is 0.131 e. The molecular weight excluding hydrogens is 415 g/mol. The van der Waals surface area contributed by atoms with Crippen molar-refractivity contribution in [1.82, 2.24) is 0 Å². The van der Waals surface area contributed by atoms with Crippen molar-refractivity contribution in [2.24, 2.45) is 0 Å². The lowest BCUT2D eigenvalue weighted by atomic mass is 9.66. The number of ether oxygens (including phenoxy) is 1. The first-order valence-electron chi connectivity index (χ1n) is 11.8. The van der Waals surface area contributed by atoms with Gasteiger partial charge in [0.2, 0.25) is 0 Å². The monoisotopic (exact) mass is 442 g/mol. The van der Waals surface area contributed by atoms with Gasteiger partial charge in [0, 0.05) is 0 Å². The summed E-state index contributed by atoms with van der Waals surface area (Å²) >= 11 is 0. The van der Waals surface area contributed by atoms with E-state index in [2.05, 4.69) is 78.9 Å². The topological polar surface area (TPSA) is 29.5 Å². The average Bonchev–Trinajstić information content (AvgIpc) is 3.28. The Morgan fingerprint density at radius 1 is 0.647 bits per heavy atom. The lowest BCUT2D eigenvalue weighted by Crippen LogP contribution is -2.50. The molecule has 4 aromatic rings. The summed E-state index contributed by atoms with van der Waals surface area (Å²) in [5.74, 6) is 0.597. The molecule has 3 heteroatoms. The molecule has 166 valence electrons. The van der Waals surface area contributed by atoms with Gasteiger partial charge in [-0.2, -0.15) is 0 Å². The summed E-state index contributed by atoms with van der Waals surface area (Å²) in [4.78, 5) is 0. The van der Waals surface area contributed by atoms with Crippen LogP contribution < -0.4 is 10.2 Å². The van der Waals surface area contributed by atoms with E-state index in [9.17, 15) is 5.11 Å². The van der Waals surface area contributed by atoms with E-state index in [4.69, 9.17) is 12.6 Å². The van der Waals surface area contributed by atoms with E-state index in [1.54, 1.807) is 13.8 Å². The van der Waals surface area contributed by atoms with Crippen molar-refractivity contribution in [3.63, 3.8) is 0 Å². The third-order valence-corrected chi connectivity index (χ3v) is 7.99. The zero-order valence-electron chi connectivity index (χ0n) is 20.0. The van der Waals surface area contributed by atoms with Crippen molar-refractivity contribution in [2.45, 2.75) is 44.3 Å². The second kappa shape index (κ2) is 6.87. The minimum atomic E-state index is -1.05. The van der Waals surface area contributed by atoms with Crippen LogP contribution in [-0.4, -0.2) is 24.2 Å². The van der Waals surface area contributed by atoms with Crippen molar-refractivity contribution in [1.29, 1.82) is 0 Å². The van der Waals surface area contributed by atoms with Crippen LogP contribution in [0, 0.1) is 0 Å². The molecule has 0 bridgehead atoms. The predicted molar refractivity (Wildman–Crippen MR) is 139 cm³/mol. The second-order valence-corrected chi connectivity index (χ2v) is 10.5. The van der Waals surface area contributed by atoms with Crippen molar-refractivity contribution >= 4 is 13.3 Å². The van der Waals surface area contributed by atoms with Gasteiger partial charge >= 0.3 is 0 Å². The minimum absolute atomic E-state index is 0.512. The molecule has 0 unspecified atom stereocenters. The Bertz CT molecular complexity index is 1400. The Morgan fingerprint density at radius 3 is 1.56 bits per heavy atom. The van der Waals surface area contributed by atoms with Gasteiger partial charge in [-0.1, -0.05) is 84.3 Å². The van der Waals surface area contributed by atoms with E-state index in [-0.39, 0.29) is 0 Å². The molecule has 0 saturated carbocycles. The molecule has 0 aromatic heterocycles. The van der Waals surface area contributed by atoms with Gasteiger partial charge in [0.1, 0.15) is 19.2 Å². The molecule has 2 nitrogen and oxygen atoms in total. The van der Waals surface area contributed by atoms with Gasteiger partial charge in [0.25, 0.3) is 0 Å². The summed E-state index contributed by atoms with van der Waals surface area (Å²) < 4.78 is 6.42. The average molecular weight is 442 g/mol. The van der Waals surface area contributed by atoms with E-state index in [0.717, 1.165) is 11.1 Å². The first-order chi connectivity index (χ1) is 16.2. The largest absolute Gasteiger partial charge is 0.486 e. The highest BCUT2D eigenvalue weighted by Crippen LogP contribution is 2.62. The maximum absolute atomic E-state index is 10.7. The van der Waals surface area contributed by atoms with Gasteiger partial charge in [-0.05, 0) is 78.3 Å². The predicted octanol–water partition coefficient (Wildman–Crippen LogP) is 5.75. The quantitative estimate of drug-likeness (QED) is 0.354. The highest BCUT2D eigenvalue weighted by Gasteiger charge is 2.52. The molecule has 0 fully saturated rings. The molecule has 0 saturated heterocycles. The van der Waals surface area contributed by atoms with Gasteiger partial charge < -0.3 is 9.84 Å². The van der Waals surface area contributed by atoms with Crippen molar-refractivity contribution in [2.75, 3.05) is 0 Å². The van der Waals surface area contributed by atoms with E-state index in [1.807, 2.05) is 19.9 Å². The molecular formula is C31H27BO2. The Hall–Kier alpha value is -3.30. The van der Waals surface area contributed by atoms with Gasteiger partial charge in [0.05, 0.1) is 11.0 Å². The van der Waals surface area contributed by atoms with E-state index < -0.39 is 16.6 Å². The van der Waals surface area contributed by atoms with Crippen molar-refractivity contribution < 1.29 is 9.84 Å². The maximum Gasteiger partial charge on any atom is 0.131 e. The van der Waals surface area contributed by atoms with Gasteiger partial charge in [0.15, 0.2) is 0 Å². The molecule has 1 N–H and O–H groups in total. The minimum Gasteiger partial charge on any atom is -0.486 e. The van der Waals surface area contributed by atoms with Crippen LogP contribution in [0.5, 0.6) is 5.75 Å². The Morgan fingerprint density at radius 2 is 1.09 bits per heavy atom. The van der Waals surface area contributed by atoms with Crippen LogP contribution in [0.15, 0.2) is 84.9 Å². The third-order valence-electron chi connectivity index (χ3n) is 7.99. The van der Waals surface area contributed by atoms with E-state index in [1.165, 1.54) is 33.4 Å². The number of hydrogen-bond acceptors (Lipinski definition) is 2. The van der Waals surface area contributed by atoms with Crippen molar-refractivity contribution in [3.05, 3.63) is 107 Å². The summed E-state index contributed by atoms with van der Waals surface area (Å²) in [7, 11) is 7.03. The zero-order valence-corrected chi connectivity index (χ0v) is 20.0.